The molecule has 1 saturated heterocycles. The van der Waals surface area contributed by atoms with Gasteiger partial charge in [0.2, 0.25) is 0 Å². The minimum atomic E-state index is -0.821. The molecule has 0 unspecified atom stereocenters. The third-order valence-electron chi connectivity index (χ3n) is 5.91. The fraction of sp³-hybridized carbons (Fsp3) is 0.0645. The Morgan fingerprint density at radius 1 is 0.718 bits per heavy atom. The third kappa shape index (κ3) is 6.34. The second-order valence-corrected chi connectivity index (χ2v) is 9.15. The van der Waals surface area contributed by atoms with Gasteiger partial charge in [0.05, 0.1) is 5.69 Å². The molecule has 0 aliphatic carbocycles. The van der Waals surface area contributed by atoms with Crippen LogP contribution in [0.5, 0.6) is 11.5 Å². The smallest absolute Gasteiger partial charge is 0.335 e. The molecule has 0 aromatic heterocycles. The van der Waals surface area contributed by atoms with E-state index in [4.69, 9.17) is 21.1 Å². The first-order valence-electron chi connectivity index (χ1n) is 12.1. The van der Waals surface area contributed by atoms with Gasteiger partial charge in [0, 0.05) is 5.02 Å². The summed E-state index contributed by atoms with van der Waals surface area (Å²) >= 11 is 6.03. The van der Waals surface area contributed by atoms with Crippen LogP contribution >= 0.6 is 11.6 Å². The molecule has 1 aliphatic rings. The molecule has 0 atom stereocenters. The summed E-state index contributed by atoms with van der Waals surface area (Å²) in [7, 11) is 0. The number of nitrogens with zero attached hydrogens (tertiary/aromatic N) is 1. The Bertz CT molecular complexity index is 1550. The molecular formula is C31H23ClN2O5. The summed E-state index contributed by atoms with van der Waals surface area (Å²) in [4.78, 5) is 39.4. The number of barbiturate groups is 1. The fourth-order valence-electron chi connectivity index (χ4n) is 3.98. The summed E-state index contributed by atoms with van der Waals surface area (Å²) in [6.07, 6.45) is 1.43. The number of hydrogen-bond donors (Lipinski definition) is 1. The molecule has 0 bridgehead atoms. The van der Waals surface area contributed by atoms with Crippen molar-refractivity contribution in [3.05, 3.63) is 130 Å². The van der Waals surface area contributed by atoms with Gasteiger partial charge in [-0.1, -0.05) is 66.2 Å². The van der Waals surface area contributed by atoms with E-state index >= 15 is 0 Å². The zero-order valence-corrected chi connectivity index (χ0v) is 21.4. The van der Waals surface area contributed by atoms with Gasteiger partial charge in [0.1, 0.15) is 30.3 Å². The molecule has 39 heavy (non-hydrogen) atoms. The highest BCUT2D eigenvalue weighted by atomic mass is 35.5. The number of urea groups is 1. The number of carbonyl (C=O) groups excluding carboxylic acids is 3. The molecule has 4 amide bonds. The van der Waals surface area contributed by atoms with E-state index in [0.29, 0.717) is 41.0 Å². The standard InChI is InChI=1S/C31H23ClN2O5/c32-24-10-4-9-23(16-24)20-39-27-11-5-8-22(17-27)18-28-29(35)33-31(37)34(30(28)36)25-12-14-26(15-13-25)38-19-21-6-2-1-3-7-21/h1-18H,19-20H2,(H,33,35,37)/b28-18-. The Balaban J connectivity index is 1.30. The lowest BCUT2D eigenvalue weighted by Crippen LogP contribution is -2.54. The maximum Gasteiger partial charge on any atom is 0.335 e. The van der Waals surface area contributed by atoms with Crippen molar-refractivity contribution in [3.8, 4) is 11.5 Å². The summed E-state index contributed by atoms with van der Waals surface area (Å²) in [5.41, 5.74) is 2.61. The Morgan fingerprint density at radius 3 is 2.18 bits per heavy atom. The first-order valence-corrected chi connectivity index (χ1v) is 12.5. The van der Waals surface area contributed by atoms with Gasteiger partial charge in [-0.05, 0) is 71.3 Å². The van der Waals surface area contributed by atoms with Crippen molar-refractivity contribution >= 4 is 41.2 Å². The molecule has 4 aromatic rings. The Labute approximate surface area is 230 Å². The van der Waals surface area contributed by atoms with Crippen molar-refractivity contribution in [1.82, 2.24) is 5.32 Å². The summed E-state index contributed by atoms with van der Waals surface area (Å²) in [5, 5.41) is 2.86. The SMILES string of the molecule is O=C1NC(=O)N(c2ccc(OCc3ccccc3)cc2)C(=O)/C1=C\c1cccc(OCc2cccc(Cl)c2)c1. The van der Waals surface area contributed by atoms with Gasteiger partial charge in [-0.3, -0.25) is 14.9 Å². The van der Waals surface area contributed by atoms with E-state index in [2.05, 4.69) is 5.32 Å². The lowest BCUT2D eigenvalue weighted by atomic mass is 10.1. The van der Waals surface area contributed by atoms with Crippen LogP contribution in [0, 0.1) is 0 Å². The van der Waals surface area contributed by atoms with Crippen molar-refractivity contribution < 1.29 is 23.9 Å². The molecular weight excluding hydrogens is 516 g/mol. The van der Waals surface area contributed by atoms with Crippen LogP contribution in [0.25, 0.3) is 6.08 Å². The van der Waals surface area contributed by atoms with Crippen molar-refractivity contribution in [2.45, 2.75) is 13.2 Å². The highest BCUT2D eigenvalue weighted by Gasteiger charge is 2.36. The number of carbonyl (C=O) groups is 3. The van der Waals surface area contributed by atoms with E-state index in [1.807, 2.05) is 48.5 Å². The van der Waals surface area contributed by atoms with Gasteiger partial charge in [-0.25, -0.2) is 9.69 Å². The van der Waals surface area contributed by atoms with Gasteiger partial charge < -0.3 is 9.47 Å². The Hall–Kier alpha value is -4.88. The molecule has 0 radical (unpaired) electrons. The maximum absolute atomic E-state index is 13.3. The largest absolute Gasteiger partial charge is 0.489 e. The number of benzene rings is 4. The fourth-order valence-corrected chi connectivity index (χ4v) is 4.19. The second-order valence-electron chi connectivity index (χ2n) is 8.72. The van der Waals surface area contributed by atoms with Crippen molar-refractivity contribution in [2.75, 3.05) is 4.90 Å². The molecule has 194 valence electrons. The Kier molecular flexibility index (Phi) is 7.70. The van der Waals surface area contributed by atoms with Crippen LogP contribution in [0.2, 0.25) is 5.02 Å². The molecule has 0 spiro atoms. The molecule has 4 aromatic carbocycles. The van der Waals surface area contributed by atoms with Crippen molar-refractivity contribution in [2.24, 2.45) is 0 Å². The van der Waals surface area contributed by atoms with Crippen molar-refractivity contribution in [1.29, 1.82) is 0 Å². The predicted molar refractivity (Wildman–Crippen MR) is 148 cm³/mol. The number of anilines is 1. The van der Waals surface area contributed by atoms with Gasteiger partial charge in [0.25, 0.3) is 11.8 Å². The zero-order valence-electron chi connectivity index (χ0n) is 20.7. The summed E-state index contributed by atoms with van der Waals surface area (Å²) in [6.45, 7) is 0.680. The van der Waals surface area contributed by atoms with Gasteiger partial charge in [0.15, 0.2) is 0 Å². The predicted octanol–water partition coefficient (Wildman–Crippen LogP) is 6.16. The van der Waals surface area contributed by atoms with E-state index in [9.17, 15) is 14.4 Å². The minimum absolute atomic E-state index is 0.175. The number of hydrogen-bond acceptors (Lipinski definition) is 5. The summed E-state index contributed by atoms with van der Waals surface area (Å²) in [5.74, 6) is -0.373. The molecule has 1 fully saturated rings. The second kappa shape index (κ2) is 11.7. The number of rotatable bonds is 8. The van der Waals surface area contributed by atoms with E-state index in [0.717, 1.165) is 16.0 Å². The molecule has 7 nitrogen and oxygen atoms in total. The highest BCUT2D eigenvalue weighted by molar-refractivity contribution is 6.39. The number of amides is 4. The first-order chi connectivity index (χ1) is 19.0. The monoisotopic (exact) mass is 538 g/mol. The van der Waals surface area contributed by atoms with E-state index < -0.39 is 17.8 Å². The number of imide groups is 2. The average Bonchev–Trinajstić information content (AvgIpc) is 2.94. The van der Waals surface area contributed by atoms with Crippen LogP contribution in [-0.4, -0.2) is 17.8 Å². The van der Waals surface area contributed by atoms with Crippen LogP contribution in [0.4, 0.5) is 10.5 Å². The molecule has 0 saturated carbocycles. The first kappa shape index (κ1) is 25.8. The lowest BCUT2D eigenvalue weighted by molar-refractivity contribution is -0.122. The van der Waals surface area contributed by atoms with Gasteiger partial charge in [-0.2, -0.15) is 0 Å². The van der Waals surface area contributed by atoms with E-state index in [1.165, 1.54) is 6.08 Å². The van der Waals surface area contributed by atoms with Gasteiger partial charge >= 0.3 is 6.03 Å². The third-order valence-corrected chi connectivity index (χ3v) is 6.14. The molecule has 1 heterocycles. The van der Waals surface area contributed by atoms with Crippen LogP contribution in [-0.2, 0) is 22.8 Å². The molecule has 1 N–H and O–H groups in total. The lowest BCUT2D eigenvalue weighted by Gasteiger charge is -2.26. The minimum Gasteiger partial charge on any atom is -0.489 e. The normalized spacial score (nSPS) is 14.3. The highest BCUT2D eigenvalue weighted by Crippen LogP contribution is 2.26. The van der Waals surface area contributed by atoms with Crippen LogP contribution in [0.3, 0.4) is 0 Å². The molecule has 1 aliphatic heterocycles. The van der Waals surface area contributed by atoms with E-state index in [1.54, 1.807) is 54.6 Å². The topological polar surface area (TPSA) is 84.9 Å². The van der Waals surface area contributed by atoms with Gasteiger partial charge in [-0.15, -0.1) is 0 Å². The maximum atomic E-state index is 13.3. The quantitative estimate of drug-likeness (QED) is 0.214. The van der Waals surface area contributed by atoms with E-state index in [-0.39, 0.29) is 5.57 Å². The number of ether oxygens (including phenoxy) is 2. The summed E-state index contributed by atoms with van der Waals surface area (Å²) < 4.78 is 11.6. The number of halogens is 1. The summed E-state index contributed by atoms with van der Waals surface area (Å²) in [6, 6.07) is 29.7. The Morgan fingerprint density at radius 2 is 1.41 bits per heavy atom. The molecule has 8 heteroatoms. The van der Waals surface area contributed by atoms with Crippen LogP contribution < -0.4 is 19.7 Å². The zero-order chi connectivity index (χ0) is 27.2. The number of nitrogens with one attached hydrogen (secondary N) is 1. The van der Waals surface area contributed by atoms with Crippen molar-refractivity contribution in [3.63, 3.8) is 0 Å². The van der Waals surface area contributed by atoms with Crippen LogP contribution in [0.1, 0.15) is 16.7 Å². The van der Waals surface area contributed by atoms with Crippen LogP contribution in [0.15, 0.2) is 109 Å². The average molecular weight is 539 g/mol. The molecule has 5 rings (SSSR count).